The Morgan fingerprint density at radius 3 is 2.33 bits per heavy atom. The Kier molecular flexibility index (Phi) is 10.5. The second kappa shape index (κ2) is 13.3. The van der Waals surface area contributed by atoms with Crippen molar-refractivity contribution in [3.63, 3.8) is 0 Å². The summed E-state index contributed by atoms with van der Waals surface area (Å²) < 4.78 is 6.54. The van der Waals surface area contributed by atoms with Crippen LogP contribution in [-0.4, -0.2) is 35.4 Å². The van der Waals surface area contributed by atoms with E-state index in [1.807, 2.05) is 44.2 Å². The molecule has 1 N–H and O–H groups in total. The van der Waals surface area contributed by atoms with Crippen molar-refractivity contribution in [1.82, 2.24) is 10.2 Å². The molecule has 3 rings (SSSR count). The molecule has 2 amide bonds. The summed E-state index contributed by atoms with van der Waals surface area (Å²) in [7, 11) is 0. The Labute approximate surface area is 234 Å². The van der Waals surface area contributed by atoms with Crippen molar-refractivity contribution in [3.8, 4) is 5.75 Å². The highest BCUT2D eigenvalue weighted by Crippen LogP contribution is 2.28. The van der Waals surface area contributed by atoms with Crippen LogP contribution in [0.25, 0.3) is 0 Å². The second-order valence-corrected chi connectivity index (χ2v) is 10.7. The van der Waals surface area contributed by atoms with E-state index in [1.165, 1.54) is 4.90 Å². The van der Waals surface area contributed by atoms with Crippen molar-refractivity contribution in [2.75, 3.05) is 6.61 Å². The van der Waals surface area contributed by atoms with E-state index in [4.69, 9.17) is 39.5 Å². The van der Waals surface area contributed by atoms with Crippen LogP contribution in [0.4, 0.5) is 0 Å². The summed E-state index contributed by atoms with van der Waals surface area (Å²) in [6.45, 7) is 3.53. The molecule has 0 unspecified atom stereocenters. The van der Waals surface area contributed by atoms with Gasteiger partial charge in [-0.3, -0.25) is 9.59 Å². The number of carbonyl (C=O) groups excluding carboxylic acids is 2. The molecule has 3 aromatic rings. The van der Waals surface area contributed by atoms with E-state index in [-0.39, 0.29) is 31.0 Å². The quantitative estimate of drug-likeness (QED) is 0.270. The van der Waals surface area contributed by atoms with Gasteiger partial charge >= 0.3 is 0 Å². The summed E-state index contributed by atoms with van der Waals surface area (Å²) in [5.41, 5.74) is 1.57. The molecule has 9 heteroatoms. The first kappa shape index (κ1) is 28.3. The van der Waals surface area contributed by atoms with E-state index in [0.29, 0.717) is 32.8 Å². The van der Waals surface area contributed by atoms with Crippen LogP contribution in [0.15, 0.2) is 71.2 Å². The van der Waals surface area contributed by atoms with Gasteiger partial charge in [0.1, 0.15) is 11.8 Å². The molecule has 0 bridgehead atoms. The summed E-state index contributed by atoms with van der Waals surface area (Å²) in [6, 6.07) is 18.8. The van der Waals surface area contributed by atoms with Crippen molar-refractivity contribution in [2.45, 2.75) is 38.9 Å². The third-order valence-corrected chi connectivity index (χ3v) is 6.68. The van der Waals surface area contributed by atoms with Crippen LogP contribution in [0.3, 0.4) is 0 Å². The zero-order valence-corrected chi connectivity index (χ0v) is 23.7. The highest BCUT2D eigenvalue weighted by atomic mass is 79.9. The smallest absolute Gasteiger partial charge is 0.261 e. The van der Waals surface area contributed by atoms with Crippen molar-refractivity contribution in [1.29, 1.82) is 0 Å². The first-order valence-electron chi connectivity index (χ1n) is 11.3. The minimum atomic E-state index is -0.807. The highest BCUT2D eigenvalue weighted by molar-refractivity contribution is 9.10. The number of hydrogen-bond donors (Lipinski definition) is 1. The fourth-order valence-electron chi connectivity index (χ4n) is 3.58. The lowest BCUT2D eigenvalue weighted by molar-refractivity contribution is -0.143. The molecule has 0 saturated heterocycles. The second-order valence-electron chi connectivity index (χ2n) is 8.49. The molecule has 0 aliphatic heterocycles. The number of rotatable bonds is 10. The summed E-state index contributed by atoms with van der Waals surface area (Å²) >= 11 is 22.1. The predicted octanol–water partition coefficient (Wildman–Crippen LogP) is 6.95. The van der Waals surface area contributed by atoms with Crippen LogP contribution < -0.4 is 10.1 Å². The maximum Gasteiger partial charge on any atom is 0.261 e. The molecule has 0 saturated carbocycles. The number of halogens is 4. The first-order valence-corrected chi connectivity index (χ1v) is 13.2. The minimum Gasteiger partial charge on any atom is -0.482 e. The fraction of sp³-hybridized carbons (Fsp3) is 0.259. The monoisotopic (exact) mass is 610 g/mol. The fourth-order valence-corrected chi connectivity index (χ4v) is 4.78. The first-order chi connectivity index (χ1) is 17.1. The third kappa shape index (κ3) is 8.13. The van der Waals surface area contributed by atoms with Gasteiger partial charge in [0, 0.05) is 33.5 Å². The van der Waals surface area contributed by atoms with E-state index in [1.54, 1.807) is 36.4 Å². The molecule has 0 aliphatic rings. The van der Waals surface area contributed by atoms with Gasteiger partial charge in [-0.1, -0.05) is 87.1 Å². The Balaban J connectivity index is 1.95. The van der Waals surface area contributed by atoms with Crippen LogP contribution in [0.2, 0.25) is 15.1 Å². The predicted molar refractivity (Wildman–Crippen MR) is 149 cm³/mol. The number of benzene rings is 3. The SMILES string of the molecule is CC(C)NC(=O)[C@H](Cc1ccccc1)N(Cc1ccc(Cl)cc1Cl)C(=O)COc1ccc(Br)cc1Cl. The van der Waals surface area contributed by atoms with E-state index >= 15 is 0 Å². The Morgan fingerprint density at radius 1 is 0.972 bits per heavy atom. The Bertz CT molecular complexity index is 1210. The average molecular weight is 613 g/mol. The molecule has 0 fully saturated rings. The number of nitrogens with one attached hydrogen (secondary N) is 1. The van der Waals surface area contributed by atoms with Crippen LogP contribution in [0.5, 0.6) is 5.75 Å². The highest BCUT2D eigenvalue weighted by Gasteiger charge is 2.31. The molecule has 5 nitrogen and oxygen atoms in total. The lowest BCUT2D eigenvalue weighted by atomic mass is 10.0. The minimum absolute atomic E-state index is 0.0925. The Morgan fingerprint density at radius 2 is 1.69 bits per heavy atom. The van der Waals surface area contributed by atoms with Gasteiger partial charge in [-0.05, 0) is 55.3 Å². The summed E-state index contributed by atoms with van der Waals surface area (Å²) in [5.74, 6) is -0.294. The van der Waals surface area contributed by atoms with Gasteiger partial charge in [0.25, 0.3) is 5.91 Å². The molecule has 190 valence electrons. The molecule has 3 aromatic carbocycles. The van der Waals surface area contributed by atoms with Crippen LogP contribution in [0.1, 0.15) is 25.0 Å². The number of hydrogen-bond acceptors (Lipinski definition) is 3. The van der Waals surface area contributed by atoms with E-state index < -0.39 is 6.04 Å². The maximum absolute atomic E-state index is 13.6. The molecule has 0 heterocycles. The van der Waals surface area contributed by atoms with E-state index in [0.717, 1.165) is 10.0 Å². The molecule has 36 heavy (non-hydrogen) atoms. The maximum atomic E-state index is 13.6. The van der Waals surface area contributed by atoms with Gasteiger partial charge in [0.2, 0.25) is 5.91 Å². The standard InChI is InChI=1S/C27H26BrCl3N2O3/c1-17(2)32-27(35)24(12-18-6-4-3-5-7-18)33(15-19-8-10-21(29)14-22(19)30)26(34)16-36-25-11-9-20(28)13-23(25)31/h3-11,13-14,17,24H,12,15-16H2,1-2H3,(H,32,35)/t24-/m0/s1. The zero-order chi connectivity index (χ0) is 26.2. The molecule has 0 radical (unpaired) electrons. The lowest BCUT2D eigenvalue weighted by Crippen LogP contribution is -2.52. The van der Waals surface area contributed by atoms with Gasteiger partial charge in [0.05, 0.1) is 5.02 Å². The largest absolute Gasteiger partial charge is 0.482 e. The molecule has 1 atom stereocenters. The number of carbonyl (C=O) groups is 2. The lowest BCUT2D eigenvalue weighted by Gasteiger charge is -2.32. The molecule has 0 aromatic heterocycles. The van der Waals surface area contributed by atoms with Gasteiger partial charge in [-0.25, -0.2) is 0 Å². The number of amides is 2. The molecular weight excluding hydrogens is 587 g/mol. The van der Waals surface area contributed by atoms with Crippen molar-refractivity contribution in [2.24, 2.45) is 0 Å². The van der Waals surface area contributed by atoms with E-state index in [9.17, 15) is 9.59 Å². The molecule has 0 spiro atoms. The Hall–Kier alpha value is -2.25. The van der Waals surface area contributed by atoms with Crippen LogP contribution in [-0.2, 0) is 22.6 Å². The summed E-state index contributed by atoms with van der Waals surface area (Å²) in [4.78, 5) is 28.5. The average Bonchev–Trinajstić information content (AvgIpc) is 2.82. The van der Waals surface area contributed by atoms with Gasteiger partial charge < -0.3 is 15.0 Å². The number of ether oxygens (including phenoxy) is 1. The number of nitrogens with zero attached hydrogens (tertiary/aromatic N) is 1. The van der Waals surface area contributed by atoms with E-state index in [2.05, 4.69) is 21.2 Å². The summed E-state index contributed by atoms with van der Waals surface area (Å²) in [5, 5.41) is 4.19. The normalized spacial score (nSPS) is 11.8. The summed E-state index contributed by atoms with van der Waals surface area (Å²) in [6.07, 6.45) is 0.315. The van der Waals surface area contributed by atoms with Crippen LogP contribution in [0, 0.1) is 0 Å². The van der Waals surface area contributed by atoms with Crippen molar-refractivity contribution in [3.05, 3.63) is 97.4 Å². The van der Waals surface area contributed by atoms with Crippen LogP contribution >= 0.6 is 50.7 Å². The van der Waals surface area contributed by atoms with Crippen molar-refractivity contribution < 1.29 is 14.3 Å². The van der Waals surface area contributed by atoms with Gasteiger partial charge in [-0.15, -0.1) is 0 Å². The molecular formula is C27H26BrCl3N2O3. The topological polar surface area (TPSA) is 58.6 Å². The van der Waals surface area contributed by atoms with Gasteiger partial charge in [-0.2, -0.15) is 0 Å². The third-order valence-electron chi connectivity index (χ3n) is 5.30. The van der Waals surface area contributed by atoms with Gasteiger partial charge in [0.15, 0.2) is 6.61 Å². The van der Waals surface area contributed by atoms with Crippen molar-refractivity contribution >= 4 is 62.5 Å². The molecule has 0 aliphatic carbocycles. The zero-order valence-electron chi connectivity index (χ0n) is 19.8.